The standard InChI is InChI=1S/C43H50ClN11O6/c1-24-20-54(11-10-26(24)21-52-12-14-53(15-13-52)32-7-5-6-29-37(50-51(4)39(29)32)30-8-9-35(56)48-41(30)58)43-46-19-31(44)40(49-43)47-28-16-27-17-34(61-23-36(57)45-3)42(59)55-25(2)22-60-33(18-28)38(27)55/h5-7,16-19,24-26,30H,8-15,20-23H2,1-4H3,(H,45,57)(H,46,47,49)(H,48,56,58)/t24-,25+,26?,30?/m0/s1. The molecule has 18 heteroatoms. The predicted octanol–water partition coefficient (Wildman–Crippen LogP) is 3.96. The Morgan fingerprint density at radius 2 is 1.85 bits per heavy atom. The zero-order chi connectivity index (χ0) is 42.5. The van der Waals surface area contributed by atoms with Crippen LogP contribution in [0.15, 0.2) is 47.4 Å². The highest BCUT2D eigenvalue weighted by atomic mass is 35.5. The Morgan fingerprint density at radius 1 is 1.03 bits per heavy atom. The number of anilines is 4. The van der Waals surface area contributed by atoms with Crippen LogP contribution in [-0.4, -0.2) is 113 Å². The number of nitrogens with one attached hydrogen (secondary N) is 3. The Kier molecular flexibility index (Phi) is 10.9. The third-order valence-electron chi connectivity index (χ3n) is 12.6. The molecule has 7 heterocycles. The summed E-state index contributed by atoms with van der Waals surface area (Å²) in [4.78, 5) is 66.6. The van der Waals surface area contributed by atoms with E-state index in [1.807, 2.05) is 42.9 Å². The van der Waals surface area contributed by atoms with E-state index < -0.39 is 5.92 Å². The summed E-state index contributed by atoms with van der Waals surface area (Å²) in [5.74, 6) is 1.33. The van der Waals surface area contributed by atoms with E-state index in [-0.39, 0.29) is 41.7 Å². The van der Waals surface area contributed by atoms with E-state index in [4.69, 9.17) is 31.2 Å². The second-order valence-corrected chi connectivity index (χ2v) is 17.1. The maximum atomic E-state index is 13.4. The average Bonchev–Trinajstić information content (AvgIpc) is 3.59. The van der Waals surface area contributed by atoms with Crippen molar-refractivity contribution in [1.82, 2.24) is 39.8 Å². The minimum Gasteiger partial charge on any atom is -0.489 e. The van der Waals surface area contributed by atoms with Gasteiger partial charge in [-0.05, 0) is 49.8 Å². The quantitative estimate of drug-likeness (QED) is 0.172. The van der Waals surface area contributed by atoms with Gasteiger partial charge in [-0.1, -0.05) is 30.7 Å². The van der Waals surface area contributed by atoms with Gasteiger partial charge in [-0.15, -0.1) is 0 Å². The molecule has 0 bridgehead atoms. The summed E-state index contributed by atoms with van der Waals surface area (Å²) in [6.45, 7) is 10.5. The number of hydrogen-bond donors (Lipinski definition) is 3. The van der Waals surface area contributed by atoms with Gasteiger partial charge in [-0.3, -0.25) is 38.6 Å². The van der Waals surface area contributed by atoms with E-state index in [1.54, 1.807) is 16.8 Å². The fourth-order valence-electron chi connectivity index (χ4n) is 9.32. The number of imide groups is 1. The second-order valence-electron chi connectivity index (χ2n) is 16.7. The van der Waals surface area contributed by atoms with Crippen molar-refractivity contribution in [2.75, 3.05) is 81.2 Å². The van der Waals surface area contributed by atoms with E-state index in [0.29, 0.717) is 70.4 Å². The number of carbonyl (C=O) groups excluding carboxylic acids is 3. The van der Waals surface area contributed by atoms with Gasteiger partial charge in [-0.2, -0.15) is 10.1 Å². The summed E-state index contributed by atoms with van der Waals surface area (Å²) in [5.41, 5.74) is 3.86. The van der Waals surface area contributed by atoms with Crippen molar-refractivity contribution in [3.8, 4) is 11.5 Å². The fraction of sp³-hybridized carbons (Fsp3) is 0.465. The van der Waals surface area contributed by atoms with Crippen LogP contribution in [-0.2, 0) is 21.4 Å². The number of piperazine rings is 1. The van der Waals surface area contributed by atoms with Crippen LogP contribution < -0.4 is 40.8 Å². The summed E-state index contributed by atoms with van der Waals surface area (Å²) < 4.78 is 15.3. The molecule has 3 amide bonds. The fourth-order valence-corrected chi connectivity index (χ4v) is 9.46. The molecule has 320 valence electrons. The summed E-state index contributed by atoms with van der Waals surface area (Å²) in [7, 11) is 3.44. The normalized spacial score (nSPS) is 22.0. The molecule has 4 atom stereocenters. The molecule has 3 N–H and O–H groups in total. The minimum absolute atomic E-state index is 0.0807. The largest absolute Gasteiger partial charge is 0.489 e. The van der Waals surface area contributed by atoms with E-state index in [1.165, 1.54) is 7.05 Å². The number of para-hydroxylation sites is 1. The number of benzene rings is 2. The van der Waals surface area contributed by atoms with Crippen LogP contribution in [0.5, 0.6) is 11.5 Å². The molecule has 2 aromatic carbocycles. The molecule has 0 saturated carbocycles. The molecule has 0 spiro atoms. The van der Waals surface area contributed by atoms with E-state index in [2.05, 4.69) is 48.6 Å². The van der Waals surface area contributed by atoms with Crippen molar-refractivity contribution in [1.29, 1.82) is 0 Å². The third-order valence-corrected chi connectivity index (χ3v) is 12.9. The first-order valence-corrected chi connectivity index (χ1v) is 21.3. The Labute approximate surface area is 357 Å². The first-order valence-electron chi connectivity index (χ1n) is 21.0. The van der Waals surface area contributed by atoms with E-state index in [0.717, 1.165) is 74.5 Å². The van der Waals surface area contributed by atoms with Crippen LogP contribution in [0.4, 0.5) is 23.1 Å². The molecule has 0 radical (unpaired) electrons. The summed E-state index contributed by atoms with van der Waals surface area (Å²) in [6, 6.07) is 11.3. The number of aromatic nitrogens is 5. The number of hydrogen-bond acceptors (Lipinski definition) is 13. The third kappa shape index (κ3) is 7.80. The van der Waals surface area contributed by atoms with Crippen molar-refractivity contribution < 1.29 is 23.9 Å². The summed E-state index contributed by atoms with van der Waals surface area (Å²) in [5, 5.41) is 15.2. The summed E-state index contributed by atoms with van der Waals surface area (Å²) >= 11 is 6.67. The lowest BCUT2D eigenvalue weighted by Crippen LogP contribution is -2.50. The molecule has 9 rings (SSSR count). The molecule has 3 aromatic heterocycles. The highest BCUT2D eigenvalue weighted by Crippen LogP contribution is 2.39. The van der Waals surface area contributed by atoms with Crippen LogP contribution in [0.25, 0.3) is 21.8 Å². The van der Waals surface area contributed by atoms with Gasteiger partial charge in [0.15, 0.2) is 18.2 Å². The van der Waals surface area contributed by atoms with Crippen LogP contribution in [0.2, 0.25) is 5.02 Å². The second kappa shape index (κ2) is 16.5. The molecule has 3 saturated heterocycles. The van der Waals surface area contributed by atoms with Crippen LogP contribution in [0, 0.1) is 11.8 Å². The Morgan fingerprint density at radius 3 is 2.62 bits per heavy atom. The minimum atomic E-state index is -0.433. The number of likely N-dealkylation sites (N-methyl/N-ethyl adjacent to an activating group) is 1. The molecular weight excluding hydrogens is 802 g/mol. The number of piperidine rings is 2. The molecule has 0 aliphatic carbocycles. The molecule has 17 nitrogen and oxygen atoms in total. The van der Waals surface area contributed by atoms with Gasteiger partial charge >= 0.3 is 0 Å². The van der Waals surface area contributed by atoms with Crippen LogP contribution in [0.1, 0.15) is 50.8 Å². The van der Waals surface area contributed by atoms with Crippen LogP contribution in [0.3, 0.4) is 0 Å². The molecule has 61 heavy (non-hydrogen) atoms. The molecular formula is C43H50ClN11O6. The van der Waals surface area contributed by atoms with Crippen molar-refractivity contribution >= 4 is 74.3 Å². The smallest absolute Gasteiger partial charge is 0.293 e. The number of carbonyl (C=O) groups is 3. The van der Waals surface area contributed by atoms with Gasteiger partial charge in [0.2, 0.25) is 17.8 Å². The number of aryl methyl sites for hydroxylation is 1. The van der Waals surface area contributed by atoms with E-state index in [9.17, 15) is 19.2 Å². The topological polar surface area (TPSA) is 181 Å². The average molecular weight is 852 g/mol. The zero-order valence-corrected chi connectivity index (χ0v) is 35.5. The number of rotatable bonds is 10. The highest BCUT2D eigenvalue weighted by molar-refractivity contribution is 6.33. The first kappa shape index (κ1) is 40.5. The molecule has 2 unspecified atom stereocenters. The lowest BCUT2D eigenvalue weighted by Gasteiger charge is -2.42. The van der Waals surface area contributed by atoms with Gasteiger partial charge in [0, 0.05) is 88.9 Å². The van der Waals surface area contributed by atoms with Gasteiger partial charge < -0.3 is 29.9 Å². The zero-order valence-electron chi connectivity index (χ0n) is 34.7. The van der Waals surface area contributed by atoms with Crippen molar-refractivity contribution in [3.63, 3.8) is 0 Å². The maximum absolute atomic E-state index is 13.4. The van der Waals surface area contributed by atoms with Crippen molar-refractivity contribution in [3.05, 3.63) is 63.7 Å². The lowest BCUT2D eigenvalue weighted by molar-refractivity contribution is -0.134. The van der Waals surface area contributed by atoms with Crippen molar-refractivity contribution in [2.45, 2.75) is 45.1 Å². The monoisotopic (exact) mass is 851 g/mol. The number of halogens is 1. The highest BCUT2D eigenvalue weighted by Gasteiger charge is 2.34. The predicted molar refractivity (Wildman–Crippen MR) is 232 cm³/mol. The number of fused-ring (bicyclic) bond motifs is 1. The van der Waals surface area contributed by atoms with Gasteiger partial charge in [0.1, 0.15) is 17.4 Å². The first-order chi connectivity index (χ1) is 29.4. The van der Waals surface area contributed by atoms with E-state index >= 15 is 0 Å². The Balaban J connectivity index is 0.841. The Bertz CT molecular complexity index is 2610. The Hall–Kier alpha value is -5.94. The van der Waals surface area contributed by atoms with Gasteiger partial charge in [0.05, 0.1) is 40.6 Å². The van der Waals surface area contributed by atoms with Crippen LogP contribution >= 0.6 is 11.6 Å². The van der Waals surface area contributed by atoms with Gasteiger partial charge in [0.25, 0.3) is 11.5 Å². The molecule has 5 aromatic rings. The lowest BCUT2D eigenvalue weighted by atomic mass is 9.86. The number of amides is 3. The van der Waals surface area contributed by atoms with Gasteiger partial charge in [-0.25, -0.2) is 4.98 Å². The van der Waals surface area contributed by atoms with Crippen molar-refractivity contribution in [2.24, 2.45) is 18.9 Å². The number of nitrogens with zero attached hydrogens (tertiary/aromatic N) is 8. The molecule has 4 aliphatic rings. The summed E-state index contributed by atoms with van der Waals surface area (Å²) in [6.07, 6.45) is 3.42. The molecule has 4 aliphatic heterocycles. The SMILES string of the molecule is CNC(=O)COc1cc2cc(Nc3nc(N4CCC(CN5CCN(c6cccc7c(C8CCC(=O)NC8=O)nn(C)c67)CC5)[C@@H](C)C4)ncc3Cl)cc3c2n(c1=O)[C@H](C)CO3. The molecule has 3 fully saturated rings. The number of ether oxygens (including phenoxy) is 2. The maximum Gasteiger partial charge on any atom is 0.293 e. The number of pyridine rings is 1.